The van der Waals surface area contributed by atoms with Gasteiger partial charge in [0.1, 0.15) is 10.8 Å². The van der Waals surface area contributed by atoms with E-state index in [2.05, 4.69) is 51.5 Å². The lowest BCUT2D eigenvalue weighted by Crippen LogP contribution is -2.42. The average Bonchev–Trinajstić information content (AvgIpc) is 3.07. The highest BCUT2D eigenvalue weighted by molar-refractivity contribution is 14.0. The van der Waals surface area contributed by atoms with Crippen LogP contribution in [0.15, 0.2) is 29.3 Å². The van der Waals surface area contributed by atoms with E-state index < -0.39 is 0 Å². The molecule has 30 heavy (non-hydrogen) atoms. The third-order valence-corrected chi connectivity index (χ3v) is 6.61. The lowest BCUT2D eigenvalue weighted by molar-refractivity contribution is 0.178. The van der Waals surface area contributed by atoms with Crippen molar-refractivity contribution in [3.63, 3.8) is 0 Å². The standard InChI is InChI=1S/C22H33N5OS.HI/c1-16-17(2)29-21(26-16)14-25-22(23-3)24-13-18-9-11-27(12-10-18)15-19-5-7-20(28-4)8-6-19;/h5-8,18H,9-15H2,1-4H3,(H2,23,24,25);1H. The first-order chi connectivity index (χ1) is 14.1. The number of likely N-dealkylation sites (tertiary alicyclic amines) is 1. The summed E-state index contributed by atoms with van der Waals surface area (Å²) in [7, 11) is 3.53. The summed E-state index contributed by atoms with van der Waals surface area (Å²) in [5, 5.41) is 7.98. The number of piperidine rings is 1. The van der Waals surface area contributed by atoms with Crippen LogP contribution in [0.4, 0.5) is 0 Å². The zero-order chi connectivity index (χ0) is 20.6. The zero-order valence-electron chi connectivity index (χ0n) is 18.4. The second-order valence-electron chi connectivity index (χ2n) is 7.62. The number of methoxy groups -OCH3 is 1. The van der Waals surface area contributed by atoms with E-state index in [0.29, 0.717) is 5.92 Å². The van der Waals surface area contributed by atoms with Gasteiger partial charge in [0, 0.05) is 25.0 Å². The molecule has 0 spiro atoms. The Morgan fingerprint density at radius 3 is 2.47 bits per heavy atom. The molecule has 1 saturated heterocycles. The zero-order valence-corrected chi connectivity index (χ0v) is 21.5. The monoisotopic (exact) mass is 543 g/mol. The molecule has 0 saturated carbocycles. The number of guanidine groups is 1. The Morgan fingerprint density at radius 2 is 1.90 bits per heavy atom. The van der Waals surface area contributed by atoms with Gasteiger partial charge in [-0.05, 0) is 63.4 Å². The molecule has 8 heteroatoms. The summed E-state index contributed by atoms with van der Waals surface area (Å²) in [6, 6.07) is 8.40. The first-order valence-corrected chi connectivity index (χ1v) is 11.1. The van der Waals surface area contributed by atoms with Crippen LogP contribution in [0.25, 0.3) is 0 Å². The van der Waals surface area contributed by atoms with Crippen molar-refractivity contribution in [2.75, 3.05) is 33.8 Å². The average molecular weight is 544 g/mol. The fraction of sp³-hybridized carbons (Fsp3) is 0.545. The molecule has 2 N–H and O–H groups in total. The van der Waals surface area contributed by atoms with Crippen molar-refractivity contribution < 1.29 is 4.74 Å². The quantitative estimate of drug-likeness (QED) is 0.315. The van der Waals surface area contributed by atoms with Gasteiger partial charge in [0.05, 0.1) is 19.3 Å². The van der Waals surface area contributed by atoms with E-state index in [1.807, 2.05) is 19.2 Å². The molecule has 0 unspecified atom stereocenters. The summed E-state index contributed by atoms with van der Waals surface area (Å²) < 4.78 is 5.24. The summed E-state index contributed by atoms with van der Waals surface area (Å²) >= 11 is 1.75. The molecule has 2 heterocycles. The maximum Gasteiger partial charge on any atom is 0.191 e. The summed E-state index contributed by atoms with van der Waals surface area (Å²) in [6.07, 6.45) is 2.43. The van der Waals surface area contributed by atoms with E-state index in [4.69, 9.17) is 4.74 Å². The van der Waals surface area contributed by atoms with E-state index in [9.17, 15) is 0 Å². The number of ether oxygens (including phenoxy) is 1. The Bertz CT molecular complexity index is 781. The number of hydrogen-bond donors (Lipinski definition) is 2. The van der Waals surface area contributed by atoms with E-state index in [-0.39, 0.29) is 24.0 Å². The van der Waals surface area contributed by atoms with Gasteiger partial charge in [-0.3, -0.25) is 9.89 Å². The molecule has 166 valence electrons. The predicted molar refractivity (Wildman–Crippen MR) is 136 cm³/mol. The van der Waals surface area contributed by atoms with E-state index in [0.717, 1.165) is 55.1 Å². The molecule has 1 aliphatic heterocycles. The number of aliphatic imine (C=N–C) groups is 1. The van der Waals surface area contributed by atoms with E-state index >= 15 is 0 Å². The van der Waals surface area contributed by atoms with Gasteiger partial charge in [-0.2, -0.15) is 0 Å². The minimum absolute atomic E-state index is 0. The van der Waals surface area contributed by atoms with Crippen molar-refractivity contribution in [3.8, 4) is 5.75 Å². The number of benzene rings is 1. The van der Waals surface area contributed by atoms with Gasteiger partial charge in [0.25, 0.3) is 0 Å². The molecule has 1 aromatic heterocycles. The van der Waals surface area contributed by atoms with Gasteiger partial charge in [-0.25, -0.2) is 4.98 Å². The van der Waals surface area contributed by atoms with Crippen molar-refractivity contribution in [3.05, 3.63) is 45.4 Å². The van der Waals surface area contributed by atoms with Gasteiger partial charge in [-0.15, -0.1) is 35.3 Å². The molecule has 0 amide bonds. The van der Waals surface area contributed by atoms with Crippen molar-refractivity contribution in [1.82, 2.24) is 20.5 Å². The van der Waals surface area contributed by atoms with E-state index in [1.165, 1.54) is 23.3 Å². The number of nitrogens with one attached hydrogen (secondary N) is 2. The fourth-order valence-electron chi connectivity index (χ4n) is 3.57. The van der Waals surface area contributed by atoms with Crippen LogP contribution in [0, 0.1) is 19.8 Å². The summed E-state index contributed by atoms with van der Waals surface area (Å²) in [6.45, 7) is 9.16. The first kappa shape index (κ1) is 24.9. The highest BCUT2D eigenvalue weighted by Crippen LogP contribution is 2.20. The molecule has 0 bridgehead atoms. The summed E-state index contributed by atoms with van der Waals surface area (Å²) in [5.74, 6) is 2.46. The minimum Gasteiger partial charge on any atom is -0.497 e. The number of rotatable bonds is 7. The number of halogens is 1. The van der Waals surface area contributed by atoms with Crippen molar-refractivity contribution in [1.29, 1.82) is 0 Å². The van der Waals surface area contributed by atoms with Crippen LogP contribution in [0.3, 0.4) is 0 Å². The minimum atomic E-state index is 0. The van der Waals surface area contributed by atoms with Crippen LogP contribution in [0.5, 0.6) is 5.75 Å². The predicted octanol–water partition coefficient (Wildman–Crippen LogP) is 3.96. The van der Waals surface area contributed by atoms with Gasteiger partial charge >= 0.3 is 0 Å². The normalized spacial score (nSPS) is 15.5. The van der Waals surface area contributed by atoms with Crippen LogP contribution in [0.2, 0.25) is 0 Å². The number of hydrogen-bond acceptors (Lipinski definition) is 5. The van der Waals surface area contributed by atoms with Gasteiger partial charge in [0.2, 0.25) is 0 Å². The molecule has 2 aromatic rings. The third kappa shape index (κ3) is 7.39. The SMILES string of the molecule is CN=C(NCc1nc(C)c(C)s1)NCC1CCN(Cc2ccc(OC)cc2)CC1.I. The molecule has 1 fully saturated rings. The number of aromatic nitrogens is 1. The van der Waals surface area contributed by atoms with Crippen LogP contribution >= 0.6 is 35.3 Å². The second-order valence-corrected chi connectivity index (χ2v) is 8.91. The number of nitrogens with zero attached hydrogens (tertiary/aromatic N) is 3. The first-order valence-electron chi connectivity index (χ1n) is 10.3. The maximum absolute atomic E-state index is 5.24. The smallest absolute Gasteiger partial charge is 0.191 e. The molecule has 0 atom stereocenters. The van der Waals surface area contributed by atoms with E-state index in [1.54, 1.807) is 18.4 Å². The van der Waals surface area contributed by atoms with Crippen molar-refractivity contribution >= 4 is 41.3 Å². The molecule has 6 nitrogen and oxygen atoms in total. The summed E-state index contributed by atoms with van der Waals surface area (Å²) in [5.41, 5.74) is 2.47. The molecule has 3 rings (SSSR count). The molecular weight excluding hydrogens is 509 g/mol. The van der Waals surface area contributed by atoms with Gasteiger partial charge in [0.15, 0.2) is 5.96 Å². The van der Waals surface area contributed by atoms with Gasteiger partial charge in [-0.1, -0.05) is 12.1 Å². The topological polar surface area (TPSA) is 61.8 Å². The third-order valence-electron chi connectivity index (χ3n) is 5.53. The lowest BCUT2D eigenvalue weighted by Gasteiger charge is -2.32. The van der Waals surface area contributed by atoms with Crippen molar-refractivity contribution in [2.24, 2.45) is 10.9 Å². The molecule has 1 aromatic carbocycles. The Kier molecular flexibility index (Phi) is 10.3. The van der Waals surface area contributed by atoms with Crippen LogP contribution < -0.4 is 15.4 Å². The largest absolute Gasteiger partial charge is 0.497 e. The Balaban J connectivity index is 0.00000320. The molecule has 0 aliphatic carbocycles. The highest BCUT2D eigenvalue weighted by atomic mass is 127. The fourth-order valence-corrected chi connectivity index (χ4v) is 4.45. The molecular formula is C22H34IN5OS. The van der Waals surface area contributed by atoms with Gasteiger partial charge < -0.3 is 15.4 Å². The van der Waals surface area contributed by atoms with Crippen LogP contribution in [-0.2, 0) is 13.1 Å². The molecule has 1 aliphatic rings. The number of thiazole rings is 1. The summed E-state index contributed by atoms with van der Waals surface area (Å²) in [4.78, 5) is 12.8. The Labute approximate surface area is 201 Å². The lowest BCUT2D eigenvalue weighted by atomic mass is 9.96. The van der Waals surface area contributed by atoms with Crippen molar-refractivity contribution in [2.45, 2.75) is 39.8 Å². The van der Waals surface area contributed by atoms with Crippen LogP contribution in [0.1, 0.15) is 34.0 Å². The Hall–Kier alpha value is -1.39. The van der Waals surface area contributed by atoms with Crippen LogP contribution in [-0.4, -0.2) is 49.6 Å². The molecule has 0 radical (unpaired) electrons. The highest BCUT2D eigenvalue weighted by Gasteiger charge is 2.19. The number of aryl methyl sites for hydroxylation is 2. The second kappa shape index (κ2) is 12.5. The maximum atomic E-state index is 5.24. The Morgan fingerprint density at radius 1 is 1.20 bits per heavy atom.